The Morgan fingerprint density at radius 1 is 1.42 bits per heavy atom. The van der Waals surface area contributed by atoms with Gasteiger partial charge in [-0.05, 0) is 31.7 Å². The largest absolute Gasteiger partial charge is 0.389 e. The number of benzene rings is 1. The van der Waals surface area contributed by atoms with Crippen LogP contribution in [0.1, 0.15) is 30.4 Å². The molecule has 2 aliphatic heterocycles. The number of aryl methyl sites for hydroxylation is 1. The van der Waals surface area contributed by atoms with Gasteiger partial charge in [0.05, 0.1) is 11.7 Å². The second-order valence-corrected chi connectivity index (χ2v) is 6.01. The Bertz CT molecular complexity index is 440. The van der Waals surface area contributed by atoms with Gasteiger partial charge >= 0.3 is 0 Å². The Kier molecular flexibility index (Phi) is 3.61. The summed E-state index contributed by atoms with van der Waals surface area (Å²) in [6, 6.07) is 8.61. The first-order valence-corrected chi connectivity index (χ1v) is 7.28. The van der Waals surface area contributed by atoms with E-state index in [4.69, 9.17) is 4.74 Å². The van der Waals surface area contributed by atoms with E-state index in [0.29, 0.717) is 0 Å². The van der Waals surface area contributed by atoms with Crippen molar-refractivity contribution in [3.05, 3.63) is 35.4 Å². The van der Waals surface area contributed by atoms with Crippen LogP contribution < -0.4 is 0 Å². The fraction of sp³-hybridized carbons (Fsp3) is 0.625. The summed E-state index contributed by atoms with van der Waals surface area (Å²) in [5.41, 5.74) is 2.39. The molecule has 0 saturated carbocycles. The van der Waals surface area contributed by atoms with E-state index in [1.165, 1.54) is 11.1 Å². The van der Waals surface area contributed by atoms with Gasteiger partial charge in [0.2, 0.25) is 0 Å². The number of piperidine rings is 1. The maximum Gasteiger partial charge on any atom is 0.0965 e. The number of aliphatic hydroxyl groups is 1. The molecule has 19 heavy (non-hydrogen) atoms. The molecule has 1 spiro atoms. The zero-order valence-electron chi connectivity index (χ0n) is 11.6. The summed E-state index contributed by atoms with van der Waals surface area (Å²) >= 11 is 0. The lowest BCUT2D eigenvalue weighted by Gasteiger charge is -2.42. The van der Waals surface area contributed by atoms with Crippen LogP contribution in [0, 0.1) is 6.92 Å². The van der Waals surface area contributed by atoms with Gasteiger partial charge in [0.1, 0.15) is 0 Å². The molecule has 0 amide bonds. The lowest BCUT2D eigenvalue weighted by atomic mass is 9.86. The van der Waals surface area contributed by atoms with E-state index in [9.17, 15) is 5.11 Å². The third-order valence-corrected chi connectivity index (χ3v) is 4.51. The molecule has 2 atom stereocenters. The number of hydrogen-bond acceptors (Lipinski definition) is 3. The standard InChI is InChI=1S/C16H23NO2/c1-13-4-2-5-14(10-13)11-17-8-7-16(15(18)12-17)6-3-9-19-16/h2,4-5,10,15,18H,3,6-9,11-12H2,1H3/t15-,16-/m0/s1. The lowest BCUT2D eigenvalue weighted by Crippen LogP contribution is -2.54. The molecule has 2 aliphatic rings. The maximum atomic E-state index is 10.4. The molecule has 0 radical (unpaired) electrons. The van der Waals surface area contributed by atoms with E-state index < -0.39 is 0 Å². The quantitative estimate of drug-likeness (QED) is 0.885. The molecule has 0 aliphatic carbocycles. The van der Waals surface area contributed by atoms with Gasteiger partial charge in [-0.3, -0.25) is 4.90 Å². The predicted octanol–water partition coefficient (Wildman–Crippen LogP) is 2.11. The molecule has 2 fully saturated rings. The Balaban J connectivity index is 1.63. The molecule has 3 rings (SSSR count). The third-order valence-electron chi connectivity index (χ3n) is 4.51. The van der Waals surface area contributed by atoms with E-state index in [1.54, 1.807) is 0 Å². The Morgan fingerprint density at radius 3 is 3.00 bits per heavy atom. The van der Waals surface area contributed by atoms with E-state index in [0.717, 1.165) is 45.5 Å². The van der Waals surface area contributed by atoms with Crippen molar-refractivity contribution in [1.82, 2.24) is 4.90 Å². The van der Waals surface area contributed by atoms with Gasteiger partial charge < -0.3 is 9.84 Å². The molecular weight excluding hydrogens is 238 g/mol. The highest BCUT2D eigenvalue weighted by atomic mass is 16.5. The van der Waals surface area contributed by atoms with Crippen LogP contribution in [0.3, 0.4) is 0 Å². The Morgan fingerprint density at radius 2 is 2.32 bits per heavy atom. The van der Waals surface area contributed by atoms with Crippen LogP contribution in [0.2, 0.25) is 0 Å². The normalized spacial score (nSPS) is 32.0. The van der Waals surface area contributed by atoms with Crippen molar-refractivity contribution in [3.8, 4) is 0 Å². The van der Waals surface area contributed by atoms with E-state index >= 15 is 0 Å². The number of ether oxygens (including phenoxy) is 1. The molecule has 3 nitrogen and oxygen atoms in total. The molecule has 1 N–H and O–H groups in total. The van der Waals surface area contributed by atoms with Gasteiger partial charge in [-0.1, -0.05) is 29.8 Å². The van der Waals surface area contributed by atoms with E-state index in [-0.39, 0.29) is 11.7 Å². The summed E-state index contributed by atoms with van der Waals surface area (Å²) in [5, 5.41) is 10.4. The summed E-state index contributed by atoms with van der Waals surface area (Å²) in [6.45, 7) is 5.61. The average Bonchev–Trinajstić information content (AvgIpc) is 2.84. The summed E-state index contributed by atoms with van der Waals surface area (Å²) in [4.78, 5) is 2.34. The number of rotatable bonds is 2. The van der Waals surface area contributed by atoms with Crippen molar-refractivity contribution in [3.63, 3.8) is 0 Å². The molecule has 0 unspecified atom stereocenters. The molecule has 3 heteroatoms. The zero-order chi connectivity index (χ0) is 13.3. The minimum Gasteiger partial charge on any atom is -0.389 e. The van der Waals surface area contributed by atoms with Crippen LogP contribution in [0.5, 0.6) is 0 Å². The number of aliphatic hydroxyl groups excluding tert-OH is 1. The van der Waals surface area contributed by atoms with Gasteiger partial charge in [0, 0.05) is 26.2 Å². The predicted molar refractivity (Wildman–Crippen MR) is 75.0 cm³/mol. The summed E-state index contributed by atoms with van der Waals surface area (Å²) < 4.78 is 5.83. The summed E-state index contributed by atoms with van der Waals surface area (Å²) in [7, 11) is 0. The van der Waals surface area contributed by atoms with Crippen LogP contribution in [-0.4, -0.2) is 41.4 Å². The molecular formula is C16H23NO2. The van der Waals surface area contributed by atoms with Crippen molar-refractivity contribution in [1.29, 1.82) is 0 Å². The van der Waals surface area contributed by atoms with Crippen molar-refractivity contribution >= 4 is 0 Å². The first kappa shape index (κ1) is 13.1. The molecule has 1 aromatic carbocycles. The number of nitrogens with zero attached hydrogens (tertiary/aromatic N) is 1. The molecule has 0 bridgehead atoms. The molecule has 2 heterocycles. The number of β-amino-alcohol motifs (C(OH)–C–C–N with tert-alkyl or cyclic N) is 1. The van der Waals surface area contributed by atoms with E-state index in [1.807, 2.05) is 0 Å². The first-order chi connectivity index (χ1) is 9.18. The number of hydrogen-bond donors (Lipinski definition) is 1. The van der Waals surface area contributed by atoms with E-state index in [2.05, 4.69) is 36.1 Å². The van der Waals surface area contributed by atoms with Gasteiger partial charge in [-0.15, -0.1) is 0 Å². The summed E-state index contributed by atoms with van der Waals surface area (Å²) in [6.07, 6.45) is 2.73. The first-order valence-electron chi connectivity index (χ1n) is 7.28. The number of likely N-dealkylation sites (tertiary alicyclic amines) is 1. The SMILES string of the molecule is Cc1cccc(CN2CC[C@@]3(CCCO3)[C@@H](O)C2)c1. The zero-order valence-corrected chi connectivity index (χ0v) is 11.6. The fourth-order valence-electron chi connectivity index (χ4n) is 3.41. The highest BCUT2D eigenvalue weighted by Gasteiger charge is 2.45. The molecule has 1 aromatic rings. The van der Waals surface area contributed by atoms with Crippen molar-refractivity contribution < 1.29 is 9.84 Å². The van der Waals surface area contributed by atoms with Gasteiger partial charge in [0.25, 0.3) is 0 Å². The van der Waals surface area contributed by atoms with Crippen LogP contribution in [0.4, 0.5) is 0 Å². The van der Waals surface area contributed by atoms with Crippen molar-refractivity contribution in [2.75, 3.05) is 19.7 Å². The fourth-order valence-corrected chi connectivity index (χ4v) is 3.41. The Hall–Kier alpha value is -0.900. The summed E-state index contributed by atoms with van der Waals surface area (Å²) in [5.74, 6) is 0. The van der Waals surface area contributed by atoms with Crippen LogP contribution >= 0.6 is 0 Å². The minimum absolute atomic E-state index is 0.233. The highest BCUT2D eigenvalue weighted by molar-refractivity contribution is 5.22. The van der Waals surface area contributed by atoms with Crippen LogP contribution in [-0.2, 0) is 11.3 Å². The smallest absolute Gasteiger partial charge is 0.0965 e. The third kappa shape index (κ3) is 2.69. The average molecular weight is 261 g/mol. The monoisotopic (exact) mass is 261 g/mol. The maximum absolute atomic E-state index is 10.4. The van der Waals surface area contributed by atoms with Crippen LogP contribution in [0.25, 0.3) is 0 Å². The molecule has 2 saturated heterocycles. The van der Waals surface area contributed by atoms with Crippen molar-refractivity contribution in [2.45, 2.75) is 44.4 Å². The minimum atomic E-state index is -0.339. The van der Waals surface area contributed by atoms with Crippen LogP contribution in [0.15, 0.2) is 24.3 Å². The van der Waals surface area contributed by atoms with Gasteiger partial charge in [0.15, 0.2) is 0 Å². The van der Waals surface area contributed by atoms with Gasteiger partial charge in [-0.25, -0.2) is 0 Å². The van der Waals surface area contributed by atoms with Crippen molar-refractivity contribution in [2.24, 2.45) is 0 Å². The Labute approximate surface area is 115 Å². The van der Waals surface area contributed by atoms with Gasteiger partial charge in [-0.2, -0.15) is 0 Å². The lowest BCUT2D eigenvalue weighted by molar-refractivity contribution is -0.130. The molecule has 0 aromatic heterocycles. The highest BCUT2D eigenvalue weighted by Crippen LogP contribution is 2.36. The molecule has 104 valence electrons. The topological polar surface area (TPSA) is 32.7 Å². The second kappa shape index (κ2) is 5.23. The second-order valence-electron chi connectivity index (χ2n) is 6.01.